The SMILES string of the molecule is Fc1c(F)c(F)[c]([GeH]([Br])[c]2c(F)c(F)c(F)c(F)c2F)c(F)c1F. The van der Waals surface area contributed by atoms with Crippen LogP contribution in [0.3, 0.4) is 0 Å². The van der Waals surface area contributed by atoms with E-state index < -0.39 is 79.5 Å². The molecule has 0 unspecified atom stereocenters. The van der Waals surface area contributed by atoms with E-state index in [-0.39, 0.29) is 0 Å². The van der Waals surface area contributed by atoms with Gasteiger partial charge < -0.3 is 0 Å². The first kappa shape index (κ1) is 19.1. The fourth-order valence-electron chi connectivity index (χ4n) is 1.83. The molecule has 2 aromatic carbocycles. The molecule has 0 bridgehead atoms. The van der Waals surface area contributed by atoms with Gasteiger partial charge >= 0.3 is 137 Å². The average molecular weight is 488 g/mol. The predicted octanol–water partition coefficient (Wildman–Crippen LogP) is 3.31. The zero-order chi connectivity index (χ0) is 18.5. The first-order chi connectivity index (χ1) is 11.0. The Kier molecular flexibility index (Phi) is 5.23. The number of hydrogen-bond donors (Lipinski definition) is 0. The fourth-order valence-corrected chi connectivity index (χ4v) is 9.55. The summed E-state index contributed by atoms with van der Waals surface area (Å²) >= 11 is -2.39. The van der Waals surface area contributed by atoms with Crippen LogP contribution in [0.25, 0.3) is 0 Å². The van der Waals surface area contributed by atoms with Crippen LogP contribution in [0.1, 0.15) is 0 Å². The average Bonchev–Trinajstić information content (AvgIpc) is 2.55. The minimum atomic E-state index is -4.79. The second-order valence-corrected chi connectivity index (χ2v) is 13.0. The summed E-state index contributed by atoms with van der Waals surface area (Å²) in [5.74, 6) is -24.3. The maximum absolute atomic E-state index is 13.7. The van der Waals surface area contributed by atoms with Gasteiger partial charge in [-0.3, -0.25) is 0 Å². The molecule has 0 aliphatic rings. The van der Waals surface area contributed by atoms with Crippen LogP contribution in [0.5, 0.6) is 0 Å². The van der Waals surface area contributed by atoms with Gasteiger partial charge in [-0.25, -0.2) is 0 Å². The zero-order valence-corrected chi connectivity index (χ0v) is 14.7. The summed E-state index contributed by atoms with van der Waals surface area (Å²) in [6.45, 7) is 0. The third-order valence-electron chi connectivity index (χ3n) is 2.99. The van der Waals surface area contributed by atoms with Crippen molar-refractivity contribution in [3.05, 3.63) is 58.2 Å². The molecule has 2 rings (SSSR count). The Morgan fingerprint density at radius 2 is 0.542 bits per heavy atom. The van der Waals surface area contributed by atoms with Gasteiger partial charge in [-0.15, -0.1) is 0 Å². The molecule has 0 aromatic heterocycles. The molecule has 0 N–H and O–H groups in total. The molecular weight excluding hydrogens is 487 g/mol. The molecule has 0 atom stereocenters. The zero-order valence-electron chi connectivity index (χ0n) is 10.7. The summed E-state index contributed by atoms with van der Waals surface area (Å²) in [6, 6.07) is 0. The Morgan fingerprint density at radius 3 is 0.750 bits per heavy atom. The summed E-state index contributed by atoms with van der Waals surface area (Å²) in [5.41, 5.74) is 0. The van der Waals surface area contributed by atoms with E-state index in [1.165, 1.54) is 0 Å². The Bertz CT molecular complexity index is 725. The molecule has 130 valence electrons. The molecule has 0 amide bonds. The Balaban J connectivity index is 2.84. The van der Waals surface area contributed by atoms with Gasteiger partial charge in [-0.05, 0) is 0 Å². The van der Waals surface area contributed by atoms with Crippen molar-refractivity contribution in [3.63, 3.8) is 0 Å². The van der Waals surface area contributed by atoms with Crippen LogP contribution >= 0.6 is 14.0 Å². The summed E-state index contributed by atoms with van der Waals surface area (Å²) in [7, 11) is 0. The minimum absolute atomic E-state index is 1.62. The van der Waals surface area contributed by atoms with E-state index in [1.54, 1.807) is 0 Å². The van der Waals surface area contributed by atoms with Gasteiger partial charge in [0.2, 0.25) is 0 Å². The van der Waals surface area contributed by atoms with Gasteiger partial charge in [-0.1, -0.05) is 0 Å². The maximum atomic E-state index is 13.7. The molecule has 12 heteroatoms. The van der Waals surface area contributed by atoms with Crippen LogP contribution in [0.2, 0.25) is 0 Å². The monoisotopic (exact) mass is 488 g/mol. The van der Waals surface area contributed by atoms with Crippen LogP contribution in [0, 0.1) is 58.2 Å². The molecule has 0 radical (unpaired) electrons. The van der Waals surface area contributed by atoms with Gasteiger partial charge in [0.05, 0.1) is 0 Å². The van der Waals surface area contributed by atoms with E-state index >= 15 is 0 Å². The third kappa shape index (κ3) is 2.70. The van der Waals surface area contributed by atoms with Crippen molar-refractivity contribution in [2.45, 2.75) is 0 Å². The molecule has 0 saturated carbocycles. The van der Waals surface area contributed by atoms with Gasteiger partial charge in [-0.2, -0.15) is 0 Å². The Labute approximate surface area is 137 Å². The van der Waals surface area contributed by atoms with Crippen molar-refractivity contribution < 1.29 is 43.9 Å². The second-order valence-electron chi connectivity index (χ2n) is 4.33. The molecule has 0 fully saturated rings. The topological polar surface area (TPSA) is 0 Å². The molecular formula is C12HBrF10Ge. The summed E-state index contributed by atoms with van der Waals surface area (Å²) in [4.78, 5) is 0. The van der Waals surface area contributed by atoms with Gasteiger partial charge in [0.15, 0.2) is 0 Å². The van der Waals surface area contributed by atoms with Gasteiger partial charge in [0.25, 0.3) is 0 Å². The first-order valence-electron chi connectivity index (χ1n) is 5.69. The van der Waals surface area contributed by atoms with Crippen LogP contribution in [0.15, 0.2) is 0 Å². The molecule has 0 aliphatic heterocycles. The first-order valence-corrected chi connectivity index (χ1v) is 13.8. The number of rotatable bonds is 2. The summed E-state index contributed by atoms with van der Waals surface area (Å²) in [5, 5.41) is 0. The Morgan fingerprint density at radius 1 is 0.375 bits per heavy atom. The van der Waals surface area contributed by atoms with Crippen molar-refractivity contribution in [2.24, 2.45) is 0 Å². The second kappa shape index (κ2) is 6.58. The van der Waals surface area contributed by atoms with Crippen molar-refractivity contribution in [2.75, 3.05) is 0 Å². The predicted molar refractivity (Wildman–Crippen MR) is 67.8 cm³/mol. The molecule has 24 heavy (non-hydrogen) atoms. The Hall–Kier alpha value is -1.24. The molecule has 2 aromatic rings. The van der Waals surface area contributed by atoms with Crippen molar-refractivity contribution in [1.29, 1.82) is 0 Å². The quantitative estimate of drug-likeness (QED) is 0.264. The van der Waals surface area contributed by atoms with Gasteiger partial charge in [0.1, 0.15) is 0 Å². The fraction of sp³-hybridized carbons (Fsp3) is 0. The summed E-state index contributed by atoms with van der Waals surface area (Å²) in [6.07, 6.45) is 0. The van der Waals surface area contributed by atoms with Crippen LogP contribution in [-0.2, 0) is 0 Å². The molecule has 0 saturated heterocycles. The van der Waals surface area contributed by atoms with Crippen molar-refractivity contribution in [3.8, 4) is 0 Å². The van der Waals surface area contributed by atoms with E-state index in [4.69, 9.17) is 0 Å². The van der Waals surface area contributed by atoms with Crippen LogP contribution in [0.4, 0.5) is 43.9 Å². The van der Waals surface area contributed by atoms with Crippen LogP contribution in [-0.4, -0.2) is 12.5 Å². The summed E-state index contributed by atoms with van der Waals surface area (Å²) < 4.78 is 130. The van der Waals surface area contributed by atoms with Crippen LogP contribution < -0.4 is 8.79 Å². The molecule has 0 nitrogen and oxygen atoms in total. The van der Waals surface area contributed by atoms with E-state index in [0.29, 0.717) is 0 Å². The number of hydrogen-bond acceptors (Lipinski definition) is 0. The third-order valence-corrected chi connectivity index (χ3v) is 12.0. The van der Waals surface area contributed by atoms with E-state index in [9.17, 15) is 43.9 Å². The van der Waals surface area contributed by atoms with Gasteiger partial charge in [0, 0.05) is 0 Å². The van der Waals surface area contributed by atoms with Crippen molar-refractivity contribution in [1.82, 2.24) is 0 Å². The van der Waals surface area contributed by atoms with Crippen molar-refractivity contribution >= 4 is 35.3 Å². The standard InChI is InChI=1S/C12HBrF10Ge/c13-24(11-7(20)3(16)1(14)4(17)8(11)21)12-9(22)5(18)2(15)6(19)10(12)23/h24H. The normalized spacial score (nSPS) is 11.5. The molecule has 0 spiro atoms. The number of halogens is 11. The molecule has 0 aliphatic carbocycles. The molecule has 0 heterocycles. The number of benzene rings is 2. The van der Waals surface area contributed by atoms with E-state index in [2.05, 4.69) is 14.0 Å². The van der Waals surface area contributed by atoms with E-state index in [0.717, 1.165) is 0 Å². The van der Waals surface area contributed by atoms with E-state index in [1.807, 2.05) is 0 Å².